The summed E-state index contributed by atoms with van der Waals surface area (Å²) in [7, 11) is 3.06. The molecule has 2 aromatic carbocycles. The zero-order valence-corrected chi connectivity index (χ0v) is 17.6. The molecule has 2 N–H and O–H groups in total. The molecule has 0 radical (unpaired) electrons. The van der Waals surface area contributed by atoms with Crippen molar-refractivity contribution in [1.29, 1.82) is 0 Å². The number of nitrogens with zero attached hydrogens (tertiary/aromatic N) is 3. The number of non-ortho nitro benzene ring substituents is 1. The number of methoxy groups -OCH3 is 2. The van der Waals surface area contributed by atoms with Gasteiger partial charge >= 0.3 is 0 Å². The molecule has 4 rings (SSSR count). The van der Waals surface area contributed by atoms with E-state index in [0.717, 1.165) is 5.56 Å². The van der Waals surface area contributed by atoms with E-state index >= 15 is 0 Å². The van der Waals surface area contributed by atoms with Crippen molar-refractivity contribution >= 4 is 11.6 Å². The number of fused-ring (bicyclic) bond motifs is 1. The number of phenolic OH excluding ortho intramolecular Hbond substituents is 1. The van der Waals surface area contributed by atoms with Gasteiger partial charge in [0.05, 0.1) is 23.8 Å². The molecule has 2 heterocycles. The molecule has 0 saturated carbocycles. The normalized spacial score (nSPS) is 15.1. The van der Waals surface area contributed by atoms with E-state index in [-0.39, 0.29) is 17.3 Å². The molecule has 166 valence electrons. The van der Waals surface area contributed by atoms with Crippen molar-refractivity contribution in [3.63, 3.8) is 0 Å². The minimum atomic E-state index is -0.479. The second-order valence-corrected chi connectivity index (χ2v) is 7.34. The number of H-pyrrole nitrogens is 1. The maximum absolute atomic E-state index is 13.2. The monoisotopic (exact) mass is 438 g/mol. The van der Waals surface area contributed by atoms with Crippen LogP contribution in [0.15, 0.2) is 42.5 Å². The Labute approximate surface area is 183 Å². The SMILES string of the molecule is COCCCN1C(=O)c2[nH]nc(-c3ccc([N+](=O)[O-])cc3)c2C1c1ccc(O)c(OC)c1. The van der Waals surface area contributed by atoms with Crippen molar-refractivity contribution in [2.75, 3.05) is 27.4 Å². The van der Waals surface area contributed by atoms with E-state index in [2.05, 4.69) is 10.2 Å². The van der Waals surface area contributed by atoms with Crippen LogP contribution in [0.25, 0.3) is 11.3 Å². The second-order valence-electron chi connectivity index (χ2n) is 7.34. The summed E-state index contributed by atoms with van der Waals surface area (Å²) in [4.78, 5) is 25.5. The van der Waals surface area contributed by atoms with Gasteiger partial charge in [0.15, 0.2) is 11.5 Å². The van der Waals surface area contributed by atoms with Crippen LogP contribution in [0.4, 0.5) is 5.69 Å². The molecule has 3 aromatic rings. The van der Waals surface area contributed by atoms with E-state index in [1.807, 2.05) is 0 Å². The Morgan fingerprint density at radius 1 is 1.22 bits per heavy atom. The number of carbonyl (C=O) groups is 1. The van der Waals surface area contributed by atoms with Crippen molar-refractivity contribution in [3.8, 4) is 22.8 Å². The summed E-state index contributed by atoms with van der Waals surface area (Å²) in [5.41, 5.74) is 2.94. The third-order valence-electron chi connectivity index (χ3n) is 5.48. The Morgan fingerprint density at radius 2 is 1.97 bits per heavy atom. The first-order chi connectivity index (χ1) is 15.5. The fourth-order valence-electron chi connectivity index (χ4n) is 3.98. The molecule has 1 amide bonds. The van der Waals surface area contributed by atoms with Crippen molar-refractivity contribution in [2.24, 2.45) is 0 Å². The zero-order valence-electron chi connectivity index (χ0n) is 17.6. The van der Waals surface area contributed by atoms with Crippen LogP contribution >= 0.6 is 0 Å². The van der Waals surface area contributed by atoms with E-state index in [1.54, 1.807) is 36.3 Å². The Hall–Kier alpha value is -3.92. The molecule has 0 saturated heterocycles. The van der Waals surface area contributed by atoms with Gasteiger partial charge in [-0.3, -0.25) is 20.0 Å². The van der Waals surface area contributed by atoms with Gasteiger partial charge in [0.25, 0.3) is 11.6 Å². The third kappa shape index (κ3) is 3.65. The molecule has 0 fully saturated rings. The Bertz CT molecular complexity index is 1160. The molecule has 0 aliphatic carbocycles. The number of aromatic hydroxyl groups is 1. The van der Waals surface area contributed by atoms with Gasteiger partial charge in [0, 0.05) is 43.5 Å². The number of rotatable bonds is 8. The third-order valence-corrected chi connectivity index (χ3v) is 5.48. The van der Waals surface area contributed by atoms with Gasteiger partial charge in [-0.1, -0.05) is 6.07 Å². The first-order valence-electron chi connectivity index (χ1n) is 9.96. The van der Waals surface area contributed by atoms with Crippen LogP contribution < -0.4 is 4.74 Å². The summed E-state index contributed by atoms with van der Waals surface area (Å²) < 4.78 is 10.4. The highest BCUT2D eigenvalue weighted by molar-refractivity contribution is 6.00. The number of amides is 1. The number of phenols is 1. The lowest BCUT2D eigenvalue weighted by molar-refractivity contribution is -0.384. The lowest BCUT2D eigenvalue weighted by atomic mass is 9.95. The van der Waals surface area contributed by atoms with E-state index in [0.29, 0.717) is 47.8 Å². The second kappa shape index (κ2) is 8.67. The minimum Gasteiger partial charge on any atom is -0.504 e. The molecule has 0 bridgehead atoms. The molecule has 10 heteroatoms. The number of hydrogen-bond donors (Lipinski definition) is 2. The zero-order chi connectivity index (χ0) is 22.8. The van der Waals surface area contributed by atoms with Crippen molar-refractivity contribution in [3.05, 3.63) is 69.4 Å². The Morgan fingerprint density at radius 3 is 2.62 bits per heavy atom. The van der Waals surface area contributed by atoms with Crippen molar-refractivity contribution < 1.29 is 24.3 Å². The molecule has 1 aliphatic rings. The largest absolute Gasteiger partial charge is 0.504 e. The van der Waals surface area contributed by atoms with Gasteiger partial charge in [-0.15, -0.1) is 0 Å². The summed E-state index contributed by atoms with van der Waals surface area (Å²) >= 11 is 0. The lowest BCUT2D eigenvalue weighted by Gasteiger charge is -2.26. The maximum Gasteiger partial charge on any atom is 0.273 e. The summed E-state index contributed by atoms with van der Waals surface area (Å²) in [5.74, 6) is 0.0870. The Kier molecular flexibility index (Phi) is 5.78. The van der Waals surface area contributed by atoms with Crippen LogP contribution in [0.1, 0.15) is 34.1 Å². The molecule has 1 atom stereocenters. The fourth-order valence-corrected chi connectivity index (χ4v) is 3.98. The van der Waals surface area contributed by atoms with Crippen LogP contribution in [0.2, 0.25) is 0 Å². The molecule has 32 heavy (non-hydrogen) atoms. The van der Waals surface area contributed by atoms with Gasteiger partial charge in [-0.2, -0.15) is 5.10 Å². The van der Waals surface area contributed by atoms with E-state index in [9.17, 15) is 20.0 Å². The average molecular weight is 438 g/mol. The standard InChI is InChI=1S/C22H22N4O6/c1-31-11-3-10-25-21(14-6-9-16(27)17(12-14)32-2)18-19(23-24-20(18)22(25)28)13-4-7-15(8-5-13)26(29)30/h4-9,12,21,27H,3,10-11H2,1-2H3,(H,23,24). The number of hydrogen-bond acceptors (Lipinski definition) is 7. The van der Waals surface area contributed by atoms with Gasteiger partial charge in [-0.05, 0) is 36.2 Å². The predicted octanol–water partition coefficient (Wildman–Crippen LogP) is 3.28. The van der Waals surface area contributed by atoms with Crippen LogP contribution in [0.3, 0.4) is 0 Å². The number of benzene rings is 2. The minimum absolute atomic E-state index is 0.00508. The van der Waals surface area contributed by atoms with Gasteiger partial charge in [-0.25, -0.2) is 0 Å². The molecule has 1 aromatic heterocycles. The number of nitro benzene ring substituents is 1. The summed E-state index contributed by atoms with van der Waals surface area (Å²) in [6.07, 6.45) is 0.637. The van der Waals surface area contributed by atoms with Crippen molar-refractivity contribution in [2.45, 2.75) is 12.5 Å². The van der Waals surface area contributed by atoms with Crippen LogP contribution in [-0.4, -0.2) is 58.4 Å². The van der Waals surface area contributed by atoms with Crippen LogP contribution in [-0.2, 0) is 4.74 Å². The number of ether oxygens (including phenoxy) is 2. The summed E-state index contributed by atoms with van der Waals surface area (Å²) in [5, 5.41) is 28.2. The topological polar surface area (TPSA) is 131 Å². The van der Waals surface area contributed by atoms with Gasteiger partial charge in [0.1, 0.15) is 5.69 Å². The molecule has 0 spiro atoms. The van der Waals surface area contributed by atoms with Crippen LogP contribution in [0, 0.1) is 10.1 Å². The van der Waals surface area contributed by atoms with Crippen molar-refractivity contribution in [1.82, 2.24) is 15.1 Å². The first-order valence-corrected chi connectivity index (χ1v) is 9.96. The molecule has 10 nitrogen and oxygen atoms in total. The number of nitrogens with one attached hydrogen (secondary N) is 1. The summed E-state index contributed by atoms with van der Waals surface area (Å²) in [6.45, 7) is 0.944. The molecule has 1 aliphatic heterocycles. The number of aromatic amines is 1. The molecular weight excluding hydrogens is 416 g/mol. The van der Waals surface area contributed by atoms with E-state index in [1.165, 1.54) is 25.3 Å². The van der Waals surface area contributed by atoms with Gasteiger partial charge in [0.2, 0.25) is 0 Å². The maximum atomic E-state index is 13.2. The number of nitro groups is 1. The summed E-state index contributed by atoms with van der Waals surface area (Å²) in [6, 6.07) is 10.5. The van der Waals surface area contributed by atoms with Crippen LogP contribution in [0.5, 0.6) is 11.5 Å². The lowest BCUT2D eigenvalue weighted by Crippen LogP contribution is -2.31. The number of aromatic nitrogens is 2. The highest BCUT2D eigenvalue weighted by atomic mass is 16.6. The smallest absolute Gasteiger partial charge is 0.273 e. The molecule has 1 unspecified atom stereocenters. The van der Waals surface area contributed by atoms with Gasteiger partial charge < -0.3 is 19.5 Å². The quantitative estimate of drug-likeness (QED) is 0.313. The first kappa shape index (κ1) is 21.3. The average Bonchev–Trinajstić information content (AvgIpc) is 3.34. The highest BCUT2D eigenvalue weighted by Gasteiger charge is 2.42. The Balaban J connectivity index is 1.82. The predicted molar refractivity (Wildman–Crippen MR) is 115 cm³/mol. The van der Waals surface area contributed by atoms with E-state index in [4.69, 9.17) is 9.47 Å². The number of carbonyl (C=O) groups excluding carboxylic acids is 1. The highest BCUT2D eigenvalue weighted by Crippen LogP contribution is 2.44. The fraction of sp³-hybridized carbons (Fsp3) is 0.273. The molecular formula is C22H22N4O6. The van der Waals surface area contributed by atoms with E-state index < -0.39 is 11.0 Å².